The molecule has 2 aliphatic rings. The SMILES string of the molecule is CC1CCCC(N(C)C(=O)CCC2CCCC(N)C2)C1. The van der Waals surface area contributed by atoms with Gasteiger partial charge in [-0.1, -0.05) is 32.6 Å². The van der Waals surface area contributed by atoms with Crippen LogP contribution in [0.1, 0.15) is 71.1 Å². The zero-order valence-electron chi connectivity index (χ0n) is 13.3. The summed E-state index contributed by atoms with van der Waals surface area (Å²) in [5.41, 5.74) is 6.03. The third-order valence-corrected chi connectivity index (χ3v) is 5.44. The van der Waals surface area contributed by atoms with Crippen molar-refractivity contribution in [2.24, 2.45) is 17.6 Å². The molecule has 2 saturated carbocycles. The summed E-state index contributed by atoms with van der Waals surface area (Å²) in [6.45, 7) is 2.31. The minimum Gasteiger partial charge on any atom is -0.343 e. The van der Waals surface area contributed by atoms with Crippen molar-refractivity contribution in [3.8, 4) is 0 Å². The highest BCUT2D eigenvalue weighted by Gasteiger charge is 2.26. The highest BCUT2D eigenvalue weighted by atomic mass is 16.2. The molecule has 2 aliphatic carbocycles. The Kier molecular flexibility index (Phi) is 5.88. The molecule has 2 fully saturated rings. The number of hydrogen-bond acceptors (Lipinski definition) is 2. The van der Waals surface area contributed by atoms with Gasteiger partial charge in [0, 0.05) is 25.6 Å². The van der Waals surface area contributed by atoms with Crippen LogP contribution in [0.3, 0.4) is 0 Å². The van der Waals surface area contributed by atoms with Gasteiger partial charge in [-0.3, -0.25) is 4.79 Å². The summed E-state index contributed by atoms with van der Waals surface area (Å²) in [4.78, 5) is 14.4. The van der Waals surface area contributed by atoms with Crippen LogP contribution in [-0.2, 0) is 4.79 Å². The maximum atomic E-state index is 12.4. The Balaban J connectivity index is 1.73. The molecule has 0 aliphatic heterocycles. The summed E-state index contributed by atoms with van der Waals surface area (Å²) >= 11 is 0. The molecule has 1 amide bonds. The van der Waals surface area contributed by atoms with E-state index in [0.29, 0.717) is 23.9 Å². The van der Waals surface area contributed by atoms with Gasteiger partial charge in [0.1, 0.15) is 0 Å². The second kappa shape index (κ2) is 7.44. The molecule has 4 atom stereocenters. The predicted molar refractivity (Wildman–Crippen MR) is 83.4 cm³/mol. The Morgan fingerprint density at radius 2 is 1.90 bits per heavy atom. The molecule has 0 aromatic carbocycles. The monoisotopic (exact) mass is 280 g/mol. The van der Waals surface area contributed by atoms with Crippen molar-refractivity contribution in [3.05, 3.63) is 0 Å². The molecule has 0 aromatic heterocycles. The van der Waals surface area contributed by atoms with Gasteiger partial charge in [-0.15, -0.1) is 0 Å². The molecule has 0 aromatic rings. The fourth-order valence-electron chi connectivity index (χ4n) is 4.06. The van der Waals surface area contributed by atoms with Crippen LogP contribution in [0, 0.1) is 11.8 Å². The average molecular weight is 280 g/mol. The van der Waals surface area contributed by atoms with Gasteiger partial charge in [-0.05, 0) is 43.9 Å². The van der Waals surface area contributed by atoms with Crippen molar-refractivity contribution in [1.29, 1.82) is 0 Å². The van der Waals surface area contributed by atoms with Gasteiger partial charge in [0.25, 0.3) is 0 Å². The third kappa shape index (κ3) is 4.47. The average Bonchev–Trinajstić information content (AvgIpc) is 2.44. The minimum atomic E-state index is 0.350. The van der Waals surface area contributed by atoms with E-state index < -0.39 is 0 Å². The van der Waals surface area contributed by atoms with Crippen LogP contribution in [0.25, 0.3) is 0 Å². The van der Waals surface area contributed by atoms with Gasteiger partial charge >= 0.3 is 0 Å². The topological polar surface area (TPSA) is 46.3 Å². The molecular formula is C17H32N2O. The molecular weight excluding hydrogens is 248 g/mol. The van der Waals surface area contributed by atoms with Crippen LogP contribution in [-0.4, -0.2) is 29.9 Å². The summed E-state index contributed by atoms with van der Waals surface area (Å²) in [5.74, 6) is 1.81. The summed E-state index contributed by atoms with van der Waals surface area (Å²) in [6, 6.07) is 0.862. The molecule has 2 rings (SSSR count). The number of nitrogens with zero attached hydrogens (tertiary/aromatic N) is 1. The van der Waals surface area contributed by atoms with Gasteiger partial charge in [0.15, 0.2) is 0 Å². The molecule has 2 N–H and O–H groups in total. The Morgan fingerprint density at radius 3 is 2.60 bits per heavy atom. The summed E-state index contributed by atoms with van der Waals surface area (Å²) < 4.78 is 0. The van der Waals surface area contributed by atoms with Crippen molar-refractivity contribution in [3.63, 3.8) is 0 Å². The maximum Gasteiger partial charge on any atom is 0.222 e. The van der Waals surface area contributed by atoms with Crippen molar-refractivity contribution >= 4 is 5.91 Å². The number of rotatable bonds is 4. The molecule has 0 bridgehead atoms. The quantitative estimate of drug-likeness (QED) is 0.858. The van der Waals surface area contributed by atoms with E-state index in [0.717, 1.165) is 25.2 Å². The Labute approximate surface area is 124 Å². The molecule has 0 saturated heterocycles. The third-order valence-electron chi connectivity index (χ3n) is 5.44. The first-order valence-corrected chi connectivity index (χ1v) is 8.57. The lowest BCUT2D eigenvalue weighted by atomic mass is 9.83. The van der Waals surface area contributed by atoms with Crippen LogP contribution >= 0.6 is 0 Å². The highest BCUT2D eigenvalue weighted by molar-refractivity contribution is 5.76. The largest absolute Gasteiger partial charge is 0.343 e. The fourth-order valence-corrected chi connectivity index (χ4v) is 4.06. The smallest absolute Gasteiger partial charge is 0.222 e. The van der Waals surface area contributed by atoms with Gasteiger partial charge in [0.2, 0.25) is 5.91 Å². The van der Waals surface area contributed by atoms with Crippen LogP contribution in [0.15, 0.2) is 0 Å². The van der Waals surface area contributed by atoms with E-state index in [4.69, 9.17) is 5.73 Å². The van der Waals surface area contributed by atoms with Gasteiger partial charge < -0.3 is 10.6 Å². The minimum absolute atomic E-state index is 0.350. The van der Waals surface area contributed by atoms with E-state index in [9.17, 15) is 4.79 Å². The van der Waals surface area contributed by atoms with Gasteiger partial charge in [-0.2, -0.15) is 0 Å². The first-order chi connectivity index (χ1) is 9.56. The summed E-state index contributed by atoms with van der Waals surface area (Å²) in [5, 5.41) is 0. The molecule has 0 radical (unpaired) electrons. The fraction of sp³-hybridized carbons (Fsp3) is 0.941. The lowest BCUT2D eigenvalue weighted by molar-refractivity contribution is -0.133. The molecule has 0 spiro atoms. The van der Waals surface area contributed by atoms with Crippen molar-refractivity contribution in [2.45, 2.75) is 83.2 Å². The number of carbonyl (C=O) groups excluding carboxylic acids is 1. The number of carbonyl (C=O) groups is 1. The first kappa shape index (κ1) is 15.8. The molecule has 3 nitrogen and oxygen atoms in total. The molecule has 20 heavy (non-hydrogen) atoms. The molecule has 4 unspecified atom stereocenters. The van der Waals surface area contributed by atoms with Gasteiger partial charge in [-0.25, -0.2) is 0 Å². The lowest BCUT2D eigenvalue weighted by Gasteiger charge is -2.34. The number of nitrogens with two attached hydrogens (primary N) is 1. The molecule has 0 heterocycles. The van der Waals surface area contributed by atoms with Crippen LogP contribution < -0.4 is 5.73 Å². The normalized spacial score (nSPS) is 34.8. The Hall–Kier alpha value is -0.570. The van der Waals surface area contributed by atoms with Crippen LogP contribution in [0.4, 0.5) is 0 Å². The second-order valence-corrected chi connectivity index (χ2v) is 7.26. The first-order valence-electron chi connectivity index (χ1n) is 8.57. The van der Waals surface area contributed by atoms with E-state index in [1.54, 1.807) is 0 Å². The second-order valence-electron chi connectivity index (χ2n) is 7.26. The number of hydrogen-bond donors (Lipinski definition) is 1. The lowest BCUT2D eigenvalue weighted by Crippen LogP contribution is -2.40. The van der Waals surface area contributed by atoms with E-state index in [1.807, 2.05) is 11.9 Å². The van der Waals surface area contributed by atoms with Crippen molar-refractivity contribution in [2.75, 3.05) is 7.05 Å². The zero-order valence-corrected chi connectivity index (χ0v) is 13.3. The van der Waals surface area contributed by atoms with Crippen molar-refractivity contribution < 1.29 is 4.79 Å². The Morgan fingerprint density at radius 1 is 1.15 bits per heavy atom. The zero-order chi connectivity index (χ0) is 14.5. The highest BCUT2D eigenvalue weighted by Crippen LogP contribution is 2.29. The van der Waals surface area contributed by atoms with E-state index in [-0.39, 0.29) is 0 Å². The van der Waals surface area contributed by atoms with E-state index in [1.165, 1.54) is 44.9 Å². The van der Waals surface area contributed by atoms with E-state index >= 15 is 0 Å². The van der Waals surface area contributed by atoms with E-state index in [2.05, 4.69) is 6.92 Å². The summed E-state index contributed by atoms with van der Waals surface area (Å²) in [6.07, 6.45) is 11.6. The molecule has 3 heteroatoms. The van der Waals surface area contributed by atoms with Crippen molar-refractivity contribution in [1.82, 2.24) is 4.90 Å². The van der Waals surface area contributed by atoms with Gasteiger partial charge in [0.05, 0.1) is 0 Å². The van der Waals surface area contributed by atoms with Crippen LogP contribution in [0.2, 0.25) is 0 Å². The Bertz CT molecular complexity index is 318. The predicted octanol–water partition coefficient (Wildman–Crippen LogP) is 3.32. The number of amides is 1. The standard InChI is InChI=1S/C17H32N2O/c1-13-5-3-8-16(11-13)19(2)17(20)10-9-14-6-4-7-15(18)12-14/h13-16H,3-12,18H2,1-2H3. The summed E-state index contributed by atoms with van der Waals surface area (Å²) in [7, 11) is 2.01. The molecule has 116 valence electrons. The van der Waals surface area contributed by atoms with Crippen LogP contribution in [0.5, 0.6) is 0 Å². The maximum absolute atomic E-state index is 12.4.